The fourth-order valence-electron chi connectivity index (χ4n) is 1.35. The Bertz CT molecular complexity index is 388. The lowest BCUT2D eigenvalue weighted by Crippen LogP contribution is -2.13. The monoisotopic (exact) mass is 259 g/mol. The van der Waals surface area contributed by atoms with Crippen LogP contribution in [0.1, 0.15) is 28.8 Å². The second-order valence-corrected chi connectivity index (χ2v) is 3.35. The van der Waals surface area contributed by atoms with Gasteiger partial charge in [-0.3, -0.25) is 4.98 Å². The molecule has 7 heteroatoms. The molecule has 0 saturated heterocycles. The Labute approximate surface area is 93.2 Å². The summed E-state index contributed by atoms with van der Waals surface area (Å²) in [5.74, 6) is -0.627. The van der Waals surface area contributed by atoms with Gasteiger partial charge < -0.3 is 0 Å². The number of halogens is 6. The number of hydrogen-bond donors (Lipinski definition) is 0. The number of pyridine rings is 1. The molecule has 0 radical (unpaired) electrons. The third kappa shape index (κ3) is 2.42. The molecular weight excluding hydrogens is 253 g/mol. The van der Waals surface area contributed by atoms with Crippen molar-refractivity contribution < 1.29 is 22.0 Å². The number of hydrogen-bond acceptors (Lipinski definition) is 1. The summed E-state index contributed by atoms with van der Waals surface area (Å²) < 4.78 is 62.6. The van der Waals surface area contributed by atoms with Crippen LogP contribution >= 0.6 is 11.6 Å². The Kier molecular flexibility index (Phi) is 3.72. The maximum absolute atomic E-state index is 12.6. The fourth-order valence-corrected chi connectivity index (χ4v) is 1.64. The van der Waals surface area contributed by atoms with Crippen LogP contribution in [0.2, 0.25) is 0 Å². The van der Waals surface area contributed by atoms with Crippen molar-refractivity contribution in [1.82, 2.24) is 4.98 Å². The van der Waals surface area contributed by atoms with Gasteiger partial charge in [-0.05, 0) is 12.5 Å². The molecule has 0 aromatic carbocycles. The van der Waals surface area contributed by atoms with Gasteiger partial charge in [-0.25, -0.2) is 8.78 Å². The molecule has 1 heterocycles. The lowest BCUT2D eigenvalue weighted by atomic mass is 10.0. The van der Waals surface area contributed by atoms with Crippen LogP contribution in [-0.2, 0) is 12.1 Å². The Morgan fingerprint density at radius 2 is 1.94 bits per heavy atom. The van der Waals surface area contributed by atoms with Crippen LogP contribution in [-0.4, -0.2) is 4.98 Å². The van der Waals surface area contributed by atoms with Gasteiger partial charge in [-0.2, -0.15) is 13.2 Å². The molecule has 0 spiro atoms. The molecule has 0 saturated carbocycles. The summed E-state index contributed by atoms with van der Waals surface area (Å²) in [5.41, 5.74) is -2.68. The normalized spacial score (nSPS) is 12.2. The van der Waals surface area contributed by atoms with Crippen LogP contribution in [0.5, 0.6) is 0 Å². The second-order valence-electron chi connectivity index (χ2n) is 3.08. The Hall–Kier alpha value is -0.910. The van der Waals surface area contributed by atoms with Crippen molar-refractivity contribution in [3.05, 3.63) is 28.6 Å². The second kappa shape index (κ2) is 4.53. The van der Waals surface area contributed by atoms with Gasteiger partial charge in [0, 0.05) is 23.3 Å². The molecule has 0 atom stereocenters. The molecule has 1 nitrogen and oxygen atoms in total. The van der Waals surface area contributed by atoms with Gasteiger partial charge in [0.25, 0.3) is 6.43 Å². The van der Waals surface area contributed by atoms with Crippen LogP contribution < -0.4 is 0 Å². The highest BCUT2D eigenvalue weighted by Crippen LogP contribution is 2.37. The predicted molar refractivity (Wildman–Crippen MR) is 48.5 cm³/mol. The topological polar surface area (TPSA) is 12.9 Å². The van der Waals surface area contributed by atoms with Crippen LogP contribution in [0.15, 0.2) is 6.20 Å². The van der Waals surface area contributed by atoms with Crippen LogP contribution in [0, 0.1) is 6.92 Å². The van der Waals surface area contributed by atoms with Crippen molar-refractivity contribution in [2.24, 2.45) is 0 Å². The van der Waals surface area contributed by atoms with Crippen molar-refractivity contribution in [2.45, 2.75) is 25.4 Å². The third-order valence-corrected chi connectivity index (χ3v) is 2.35. The van der Waals surface area contributed by atoms with Crippen molar-refractivity contribution in [2.75, 3.05) is 0 Å². The summed E-state index contributed by atoms with van der Waals surface area (Å²) >= 11 is 5.30. The Morgan fingerprint density at radius 3 is 2.31 bits per heavy atom. The molecule has 0 amide bonds. The average Bonchev–Trinajstić information content (AvgIpc) is 2.14. The summed E-state index contributed by atoms with van der Waals surface area (Å²) in [7, 11) is 0. The first-order valence-corrected chi connectivity index (χ1v) is 4.72. The van der Waals surface area contributed by atoms with Crippen molar-refractivity contribution in [1.29, 1.82) is 0 Å². The molecule has 0 N–H and O–H groups in total. The Balaban J connectivity index is 3.49. The molecular formula is C9H7ClF5N. The molecule has 16 heavy (non-hydrogen) atoms. The van der Waals surface area contributed by atoms with E-state index in [1.54, 1.807) is 0 Å². The molecule has 0 aliphatic rings. The van der Waals surface area contributed by atoms with Crippen molar-refractivity contribution >= 4 is 11.6 Å². The van der Waals surface area contributed by atoms with E-state index in [1.165, 1.54) is 6.92 Å². The number of aryl methyl sites for hydroxylation is 1. The van der Waals surface area contributed by atoms with E-state index in [1.807, 2.05) is 0 Å². The molecule has 1 aromatic heterocycles. The zero-order valence-corrected chi connectivity index (χ0v) is 8.83. The van der Waals surface area contributed by atoms with Gasteiger partial charge in [-0.1, -0.05) is 0 Å². The standard InChI is InChI=1S/C9H7ClF5N/c1-4-7(8(11)12)5(2-10)6(3-16-4)9(13,14)15/h3,8H,2H2,1H3. The molecule has 0 fully saturated rings. The van der Waals surface area contributed by atoms with E-state index in [0.717, 1.165) is 0 Å². The average molecular weight is 260 g/mol. The first-order valence-electron chi connectivity index (χ1n) is 4.18. The molecule has 0 unspecified atom stereocenters. The van der Waals surface area contributed by atoms with Crippen LogP contribution in [0.3, 0.4) is 0 Å². The van der Waals surface area contributed by atoms with E-state index in [9.17, 15) is 22.0 Å². The summed E-state index contributed by atoms with van der Waals surface area (Å²) in [4.78, 5) is 3.32. The zero-order valence-electron chi connectivity index (χ0n) is 8.08. The fraction of sp³-hybridized carbons (Fsp3) is 0.444. The van der Waals surface area contributed by atoms with E-state index in [2.05, 4.69) is 4.98 Å². The number of aromatic nitrogens is 1. The smallest absolute Gasteiger partial charge is 0.260 e. The lowest BCUT2D eigenvalue weighted by molar-refractivity contribution is -0.138. The molecule has 0 aliphatic heterocycles. The maximum Gasteiger partial charge on any atom is 0.418 e. The first kappa shape index (κ1) is 13.2. The SMILES string of the molecule is Cc1ncc(C(F)(F)F)c(CCl)c1C(F)F. The molecule has 0 bridgehead atoms. The highest BCUT2D eigenvalue weighted by atomic mass is 35.5. The van der Waals surface area contributed by atoms with Gasteiger partial charge in [0.15, 0.2) is 0 Å². The zero-order chi connectivity index (χ0) is 12.5. The summed E-state index contributed by atoms with van der Waals surface area (Å²) in [6.45, 7) is 1.22. The number of alkyl halides is 6. The van der Waals surface area contributed by atoms with E-state index in [4.69, 9.17) is 11.6 Å². The summed E-state index contributed by atoms with van der Waals surface area (Å²) in [6, 6.07) is 0. The molecule has 0 aliphatic carbocycles. The number of rotatable bonds is 2. The predicted octanol–water partition coefficient (Wildman–Crippen LogP) is 4.09. The Morgan fingerprint density at radius 1 is 1.38 bits per heavy atom. The van der Waals surface area contributed by atoms with Gasteiger partial charge in [0.05, 0.1) is 5.56 Å². The minimum atomic E-state index is -4.73. The highest BCUT2D eigenvalue weighted by Gasteiger charge is 2.36. The van der Waals surface area contributed by atoms with Gasteiger partial charge >= 0.3 is 6.18 Å². The van der Waals surface area contributed by atoms with Gasteiger partial charge in [0.2, 0.25) is 0 Å². The van der Waals surface area contributed by atoms with E-state index >= 15 is 0 Å². The van der Waals surface area contributed by atoms with Crippen LogP contribution in [0.25, 0.3) is 0 Å². The lowest BCUT2D eigenvalue weighted by Gasteiger charge is -2.16. The summed E-state index contributed by atoms with van der Waals surface area (Å²) in [6.07, 6.45) is -7.23. The van der Waals surface area contributed by atoms with Crippen molar-refractivity contribution in [3.63, 3.8) is 0 Å². The maximum atomic E-state index is 12.6. The third-order valence-electron chi connectivity index (χ3n) is 2.08. The molecule has 1 aromatic rings. The van der Waals surface area contributed by atoms with E-state index in [0.29, 0.717) is 6.20 Å². The van der Waals surface area contributed by atoms with Gasteiger partial charge in [0.1, 0.15) is 0 Å². The first-order chi connectivity index (χ1) is 7.29. The largest absolute Gasteiger partial charge is 0.418 e. The van der Waals surface area contributed by atoms with Gasteiger partial charge in [-0.15, -0.1) is 11.6 Å². The minimum absolute atomic E-state index is 0.140. The minimum Gasteiger partial charge on any atom is -0.260 e. The van der Waals surface area contributed by atoms with E-state index < -0.39 is 35.2 Å². The van der Waals surface area contributed by atoms with Crippen LogP contribution in [0.4, 0.5) is 22.0 Å². The van der Waals surface area contributed by atoms with Crippen molar-refractivity contribution in [3.8, 4) is 0 Å². The molecule has 1 rings (SSSR count). The highest BCUT2D eigenvalue weighted by molar-refractivity contribution is 6.17. The van der Waals surface area contributed by atoms with E-state index in [-0.39, 0.29) is 5.69 Å². The summed E-state index contributed by atoms with van der Waals surface area (Å²) in [5, 5.41) is 0. The quantitative estimate of drug-likeness (QED) is 0.576. The number of nitrogens with zero attached hydrogens (tertiary/aromatic N) is 1. The molecule has 90 valence electrons.